The number of halogens is 1. The summed E-state index contributed by atoms with van der Waals surface area (Å²) < 4.78 is 5.51. The number of carbonyl (C=O) groups excluding carboxylic acids is 2. The van der Waals surface area contributed by atoms with Gasteiger partial charge in [0.25, 0.3) is 5.91 Å². The molecule has 0 atom stereocenters. The number of nitrogens with two attached hydrogens (primary N) is 1. The van der Waals surface area contributed by atoms with Gasteiger partial charge in [0.05, 0.1) is 16.8 Å². The molecular weight excluding hydrogens is 496 g/mol. The normalized spacial score (nSPS) is 14.6. The highest BCUT2D eigenvalue weighted by Crippen LogP contribution is 2.37. The molecule has 0 aliphatic carbocycles. The fourth-order valence-corrected chi connectivity index (χ4v) is 5.67. The zero-order valence-electron chi connectivity index (χ0n) is 20.9. The van der Waals surface area contributed by atoms with Gasteiger partial charge < -0.3 is 20.7 Å². The van der Waals surface area contributed by atoms with E-state index in [1.165, 1.54) is 6.20 Å². The number of fused-ring (bicyclic) bond motifs is 1. The van der Waals surface area contributed by atoms with Gasteiger partial charge in [-0.2, -0.15) is 0 Å². The maximum absolute atomic E-state index is 12.4. The second-order valence-electron chi connectivity index (χ2n) is 9.97. The number of benzene rings is 2. The molecule has 0 spiro atoms. The van der Waals surface area contributed by atoms with Crippen LogP contribution in [0.25, 0.3) is 10.9 Å². The number of rotatable bonds is 5. The van der Waals surface area contributed by atoms with Crippen LogP contribution in [0, 0.1) is 6.92 Å². The van der Waals surface area contributed by atoms with Crippen molar-refractivity contribution in [2.75, 3.05) is 18.4 Å². The Bertz CT molecular complexity index is 1300. The summed E-state index contributed by atoms with van der Waals surface area (Å²) in [5, 5.41) is 5.11. The minimum absolute atomic E-state index is 0.255. The number of anilines is 2. The topological polar surface area (TPSA) is 97.5 Å². The van der Waals surface area contributed by atoms with E-state index in [1.54, 1.807) is 28.8 Å². The van der Waals surface area contributed by atoms with Gasteiger partial charge >= 0.3 is 6.09 Å². The van der Waals surface area contributed by atoms with Crippen molar-refractivity contribution in [3.8, 4) is 0 Å². The minimum Gasteiger partial charge on any atom is -0.444 e. The molecule has 4 rings (SSSR count). The Balaban J connectivity index is 1.59. The molecule has 0 radical (unpaired) electrons. The van der Waals surface area contributed by atoms with Crippen LogP contribution in [0.4, 0.5) is 16.2 Å². The van der Waals surface area contributed by atoms with Gasteiger partial charge in [0, 0.05) is 45.5 Å². The summed E-state index contributed by atoms with van der Waals surface area (Å²) in [7, 11) is 0. The second-order valence-corrected chi connectivity index (χ2v) is 11.8. The van der Waals surface area contributed by atoms with E-state index in [2.05, 4.69) is 22.4 Å². The molecule has 1 saturated heterocycles. The Morgan fingerprint density at radius 1 is 1.19 bits per heavy atom. The van der Waals surface area contributed by atoms with E-state index in [0.717, 1.165) is 39.9 Å². The lowest BCUT2D eigenvalue weighted by molar-refractivity contribution is 0.0219. The first kappa shape index (κ1) is 26.1. The average molecular weight is 527 g/mol. The van der Waals surface area contributed by atoms with Gasteiger partial charge in [-0.25, -0.2) is 4.79 Å². The molecule has 3 aromatic rings. The van der Waals surface area contributed by atoms with Crippen molar-refractivity contribution in [1.82, 2.24) is 9.88 Å². The highest BCUT2D eigenvalue weighted by atomic mass is 35.5. The zero-order chi connectivity index (χ0) is 26.0. The number of aryl methyl sites for hydroxylation is 1. The molecule has 2 heterocycles. The first-order valence-electron chi connectivity index (χ1n) is 11.9. The van der Waals surface area contributed by atoms with Crippen molar-refractivity contribution >= 4 is 57.6 Å². The van der Waals surface area contributed by atoms with Crippen molar-refractivity contribution in [3.63, 3.8) is 0 Å². The van der Waals surface area contributed by atoms with Crippen LogP contribution in [-0.2, 0) is 4.74 Å². The molecular formula is C27H31ClN4O3S. The lowest BCUT2D eigenvalue weighted by Gasteiger charge is -2.33. The molecule has 0 unspecified atom stereocenters. The van der Waals surface area contributed by atoms with E-state index < -0.39 is 11.5 Å². The maximum atomic E-state index is 12.4. The molecule has 3 N–H and O–H groups in total. The molecule has 1 fully saturated rings. The number of piperidine rings is 1. The van der Waals surface area contributed by atoms with Gasteiger partial charge in [0.1, 0.15) is 5.60 Å². The van der Waals surface area contributed by atoms with Gasteiger partial charge in [-0.3, -0.25) is 9.78 Å². The molecule has 2 amide bonds. The largest absolute Gasteiger partial charge is 0.444 e. The lowest BCUT2D eigenvalue weighted by Crippen LogP contribution is -2.42. The van der Waals surface area contributed by atoms with Crippen LogP contribution in [0.15, 0.2) is 47.5 Å². The van der Waals surface area contributed by atoms with E-state index in [-0.39, 0.29) is 6.09 Å². The van der Waals surface area contributed by atoms with E-state index in [9.17, 15) is 9.59 Å². The molecule has 190 valence electrons. The number of hydrogen-bond acceptors (Lipinski definition) is 6. The average Bonchev–Trinajstić information content (AvgIpc) is 2.79. The molecule has 0 bridgehead atoms. The predicted molar refractivity (Wildman–Crippen MR) is 146 cm³/mol. The van der Waals surface area contributed by atoms with Crippen molar-refractivity contribution in [1.29, 1.82) is 0 Å². The van der Waals surface area contributed by atoms with Crippen LogP contribution in [0.3, 0.4) is 0 Å². The van der Waals surface area contributed by atoms with Crippen molar-refractivity contribution in [3.05, 3.63) is 58.7 Å². The van der Waals surface area contributed by atoms with E-state index in [1.807, 2.05) is 39.8 Å². The Morgan fingerprint density at radius 3 is 2.56 bits per heavy atom. The number of amides is 2. The molecule has 7 nitrogen and oxygen atoms in total. The number of nitrogens with one attached hydrogen (secondary N) is 1. The van der Waals surface area contributed by atoms with Crippen LogP contribution in [-0.4, -0.2) is 45.8 Å². The number of nitrogens with zero attached hydrogens (tertiary/aromatic N) is 2. The van der Waals surface area contributed by atoms with E-state index in [0.29, 0.717) is 34.6 Å². The Morgan fingerprint density at radius 2 is 1.92 bits per heavy atom. The predicted octanol–water partition coefficient (Wildman–Crippen LogP) is 6.53. The zero-order valence-corrected chi connectivity index (χ0v) is 22.5. The lowest BCUT2D eigenvalue weighted by atomic mass is 10.1. The molecule has 0 saturated carbocycles. The monoisotopic (exact) mass is 526 g/mol. The third-order valence-corrected chi connectivity index (χ3v) is 7.44. The third kappa shape index (κ3) is 6.23. The molecule has 1 aliphatic rings. The number of thioether (sulfide) groups is 1. The highest BCUT2D eigenvalue weighted by Gasteiger charge is 2.27. The van der Waals surface area contributed by atoms with Gasteiger partial charge in [0.15, 0.2) is 0 Å². The van der Waals surface area contributed by atoms with Crippen LogP contribution < -0.4 is 11.1 Å². The number of carbonyl (C=O) groups is 2. The van der Waals surface area contributed by atoms with Crippen molar-refractivity contribution in [2.24, 2.45) is 5.73 Å². The van der Waals surface area contributed by atoms with E-state index in [4.69, 9.17) is 22.1 Å². The molecule has 1 aliphatic heterocycles. The number of pyridine rings is 1. The summed E-state index contributed by atoms with van der Waals surface area (Å²) >= 11 is 7.95. The first-order chi connectivity index (χ1) is 17.0. The molecule has 1 aromatic heterocycles. The fraction of sp³-hybridized carbons (Fsp3) is 0.370. The number of ether oxygens (including phenoxy) is 1. The van der Waals surface area contributed by atoms with Crippen LogP contribution in [0.2, 0.25) is 5.02 Å². The van der Waals surface area contributed by atoms with Gasteiger partial charge in [0.2, 0.25) is 0 Å². The van der Waals surface area contributed by atoms with Gasteiger partial charge in [-0.15, -0.1) is 11.8 Å². The summed E-state index contributed by atoms with van der Waals surface area (Å²) in [6, 6.07) is 11.5. The number of hydrogen-bond donors (Lipinski definition) is 2. The number of primary amides is 1. The molecule has 2 aromatic carbocycles. The quantitative estimate of drug-likeness (QED) is 0.392. The SMILES string of the molecule is Cc1cc(SC2CCN(C(=O)OC(C)(C)C)CC2)cc2c(Nc3cccc(Cl)c3)c(C(N)=O)cnc12. The van der Waals surface area contributed by atoms with Crippen molar-refractivity contribution < 1.29 is 14.3 Å². The van der Waals surface area contributed by atoms with Crippen LogP contribution in [0.1, 0.15) is 49.5 Å². The Hall–Kier alpha value is -2.97. The Labute approximate surface area is 220 Å². The van der Waals surface area contributed by atoms with Crippen LogP contribution in [0.5, 0.6) is 0 Å². The smallest absolute Gasteiger partial charge is 0.410 e. The second kappa shape index (κ2) is 10.6. The first-order valence-corrected chi connectivity index (χ1v) is 13.2. The van der Waals surface area contributed by atoms with Crippen LogP contribution >= 0.6 is 23.4 Å². The Kier molecular flexibility index (Phi) is 7.66. The maximum Gasteiger partial charge on any atom is 0.410 e. The summed E-state index contributed by atoms with van der Waals surface area (Å²) in [5.74, 6) is -0.556. The summed E-state index contributed by atoms with van der Waals surface area (Å²) in [6.07, 6.45) is 3.00. The highest BCUT2D eigenvalue weighted by molar-refractivity contribution is 8.00. The van der Waals surface area contributed by atoms with Gasteiger partial charge in [-0.05, 0) is 76.4 Å². The summed E-state index contributed by atoms with van der Waals surface area (Å²) in [6.45, 7) is 8.97. The van der Waals surface area contributed by atoms with E-state index >= 15 is 0 Å². The third-order valence-electron chi connectivity index (χ3n) is 5.89. The minimum atomic E-state index is -0.556. The number of aromatic nitrogens is 1. The van der Waals surface area contributed by atoms with Crippen molar-refractivity contribution in [2.45, 2.75) is 56.3 Å². The summed E-state index contributed by atoms with van der Waals surface area (Å²) in [4.78, 5) is 32.0. The standard InChI is InChI=1S/C27H31ClN4O3S/c1-16-12-20(36-19-8-10-32(11-9-19)26(34)35-27(2,3)4)14-21-23(16)30-15-22(25(29)33)24(21)31-18-7-5-6-17(28)13-18/h5-7,12-15,19H,8-11H2,1-4H3,(H2,29,33)(H,30,31). The molecule has 9 heteroatoms. The fourth-order valence-electron chi connectivity index (χ4n) is 4.22. The van der Waals surface area contributed by atoms with Gasteiger partial charge in [-0.1, -0.05) is 17.7 Å². The summed E-state index contributed by atoms with van der Waals surface area (Å²) in [5.41, 5.74) is 8.68. The number of likely N-dealkylation sites (tertiary alicyclic amines) is 1. The molecule has 36 heavy (non-hydrogen) atoms.